The number of rotatable bonds is 16. The Bertz CT molecular complexity index is 294. The first-order chi connectivity index (χ1) is 11.2. The van der Waals surface area contributed by atoms with Gasteiger partial charge in [0.25, 0.3) is 0 Å². The molecule has 0 unspecified atom stereocenters. The van der Waals surface area contributed by atoms with E-state index in [0.29, 0.717) is 0 Å². The first-order valence-electron chi connectivity index (χ1n) is 9.95. The standard InChI is InChI=1S/C21H40O2/c1-4-5-6-7-8-9-10-11-12-13-14-15-16-17-18-20(2)19-21(22)23-3/h19H,4-18H2,1-3H3/b20-19+. The molecule has 0 rings (SSSR count). The first kappa shape index (κ1) is 22.2. The molecule has 0 aliphatic heterocycles. The van der Waals surface area contributed by atoms with Crippen molar-refractivity contribution in [2.24, 2.45) is 0 Å². The zero-order valence-corrected chi connectivity index (χ0v) is 16.0. The summed E-state index contributed by atoms with van der Waals surface area (Å²) in [5.74, 6) is -0.229. The topological polar surface area (TPSA) is 26.3 Å². The quantitative estimate of drug-likeness (QED) is 0.174. The zero-order valence-electron chi connectivity index (χ0n) is 16.0. The maximum Gasteiger partial charge on any atom is 0.330 e. The highest BCUT2D eigenvalue weighted by Gasteiger charge is 1.98. The Balaban J connectivity index is 3.19. The number of unbranched alkanes of at least 4 members (excludes halogenated alkanes) is 13. The van der Waals surface area contributed by atoms with Crippen LogP contribution >= 0.6 is 0 Å². The lowest BCUT2D eigenvalue weighted by molar-refractivity contribution is -0.134. The Hall–Kier alpha value is -0.790. The largest absolute Gasteiger partial charge is 0.466 e. The van der Waals surface area contributed by atoms with Gasteiger partial charge in [-0.05, 0) is 19.8 Å². The highest BCUT2D eigenvalue weighted by Crippen LogP contribution is 2.14. The SMILES string of the molecule is CCCCCCCCCCCCCCCC/C(C)=C/C(=O)OC. The molecule has 0 saturated heterocycles. The van der Waals surface area contributed by atoms with Gasteiger partial charge in [-0.25, -0.2) is 4.79 Å². The predicted molar refractivity (Wildman–Crippen MR) is 101 cm³/mol. The van der Waals surface area contributed by atoms with E-state index in [4.69, 9.17) is 0 Å². The molecule has 0 aromatic rings. The van der Waals surface area contributed by atoms with Crippen LogP contribution in [0.3, 0.4) is 0 Å². The molecule has 0 spiro atoms. The molecule has 0 aliphatic rings. The van der Waals surface area contributed by atoms with Crippen LogP contribution in [-0.2, 0) is 9.53 Å². The van der Waals surface area contributed by atoms with Crippen LogP contribution in [-0.4, -0.2) is 13.1 Å². The lowest BCUT2D eigenvalue weighted by Gasteiger charge is -2.04. The third-order valence-electron chi connectivity index (χ3n) is 4.49. The number of carbonyl (C=O) groups is 1. The fourth-order valence-corrected chi connectivity index (χ4v) is 2.93. The number of ether oxygens (including phenoxy) is 1. The van der Waals surface area contributed by atoms with Gasteiger partial charge in [0.15, 0.2) is 0 Å². The zero-order chi connectivity index (χ0) is 17.2. The van der Waals surface area contributed by atoms with E-state index in [9.17, 15) is 4.79 Å². The lowest BCUT2D eigenvalue weighted by atomic mass is 10.0. The average Bonchev–Trinajstić information content (AvgIpc) is 2.55. The average molecular weight is 325 g/mol. The highest BCUT2D eigenvalue weighted by molar-refractivity contribution is 5.82. The maximum atomic E-state index is 11.1. The minimum atomic E-state index is -0.229. The highest BCUT2D eigenvalue weighted by atomic mass is 16.5. The van der Waals surface area contributed by atoms with E-state index < -0.39 is 0 Å². The summed E-state index contributed by atoms with van der Waals surface area (Å²) in [6.07, 6.45) is 22.0. The second-order valence-electron chi connectivity index (χ2n) is 6.86. The van der Waals surface area contributed by atoms with Gasteiger partial charge in [0, 0.05) is 6.08 Å². The fraction of sp³-hybridized carbons (Fsp3) is 0.857. The van der Waals surface area contributed by atoms with Gasteiger partial charge in [-0.3, -0.25) is 0 Å². The summed E-state index contributed by atoms with van der Waals surface area (Å²) in [6.45, 7) is 4.29. The van der Waals surface area contributed by atoms with Crippen molar-refractivity contribution in [1.82, 2.24) is 0 Å². The summed E-state index contributed by atoms with van der Waals surface area (Å²) in [4.78, 5) is 11.1. The maximum absolute atomic E-state index is 11.1. The Morgan fingerprint density at radius 3 is 1.52 bits per heavy atom. The molecule has 0 aliphatic carbocycles. The Morgan fingerprint density at radius 2 is 1.13 bits per heavy atom. The van der Waals surface area contributed by atoms with Crippen molar-refractivity contribution in [3.63, 3.8) is 0 Å². The number of hydrogen-bond donors (Lipinski definition) is 0. The summed E-state index contributed by atoms with van der Waals surface area (Å²) in [5.41, 5.74) is 1.13. The van der Waals surface area contributed by atoms with E-state index in [0.717, 1.165) is 12.0 Å². The molecular weight excluding hydrogens is 284 g/mol. The Labute approximate surface area is 145 Å². The van der Waals surface area contributed by atoms with E-state index in [-0.39, 0.29) is 5.97 Å². The fourth-order valence-electron chi connectivity index (χ4n) is 2.93. The number of methoxy groups -OCH3 is 1. The first-order valence-corrected chi connectivity index (χ1v) is 9.95. The van der Waals surface area contributed by atoms with Gasteiger partial charge in [0.2, 0.25) is 0 Å². The van der Waals surface area contributed by atoms with E-state index >= 15 is 0 Å². The van der Waals surface area contributed by atoms with Gasteiger partial charge in [-0.15, -0.1) is 0 Å². The van der Waals surface area contributed by atoms with Crippen molar-refractivity contribution in [1.29, 1.82) is 0 Å². The van der Waals surface area contributed by atoms with Gasteiger partial charge >= 0.3 is 5.97 Å². The minimum absolute atomic E-state index is 0.229. The number of carbonyl (C=O) groups excluding carboxylic acids is 1. The van der Waals surface area contributed by atoms with E-state index in [2.05, 4.69) is 11.7 Å². The van der Waals surface area contributed by atoms with Crippen molar-refractivity contribution in [2.45, 2.75) is 110 Å². The lowest BCUT2D eigenvalue weighted by Crippen LogP contribution is -1.96. The molecule has 0 atom stereocenters. The molecule has 0 saturated carbocycles. The second-order valence-corrected chi connectivity index (χ2v) is 6.86. The van der Waals surface area contributed by atoms with E-state index in [1.807, 2.05) is 6.92 Å². The summed E-state index contributed by atoms with van der Waals surface area (Å²) in [6, 6.07) is 0. The second kappa shape index (κ2) is 17.6. The normalized spacial score (nSPS) is 11.7. The summed E-state index contributed by atoms with van der Waals surface area (Å²) >= 11 is 0. The molecule has 0 aromatic heterocycles. The molecule has 136 valence electrons. The van der Waals surface area contributed by atoms with E-state index in [1.54, 1.807) is 6.08 Å². The summed E-state index contributed by atoms with van der Waals surface area (Å²) < 4.78 is 4.63. The van der Waals surface area contributed by atoms with Gasteiger partial charge in [0.1, 0.15) is 0 Å². The Kier molecular flexibility index (Phi) is 17.0. The third kappa shape index (κ3) is 17.4. The van der Waals surface area contributed by atoms with Gasteiger partial charge in [0.05, 0.1) is 7.11 Å². The molecule has 0 amide bonds. The molecule has 0 bridgehead atoms. The summed E-state index contributed by atoms with van der Waals surface area (Å²) in [5, 5.41) is 0. The van der Waals surface area contributed by atoms with Crippen LogP contribution in [0.2, 0.25) is 0 Å². The number of hydrogen-bond acceptors (Lipinski definition) is 2. The third-order valence-corrected chi connectivity index (χ3v) is 4.49. The van der Waals surface area contributed by atoms with Crippen LogP contribution in [0.15, 0.2) is 11.6 Å². The monoisotopic (exact) mass is 324 g/mol. The number of esters is 1. The van der Waals surface area contributed by atoms with Crippen molar-refractivity contribution in [2.75, 3.05) is 7.11 Å². The van der Waals surface area contributed by atoms with Crippen LogP contribution < -0.4 is 0 Å². The minimum Gasteiger partial charge on any atom is -0.466 e. The smallest absolute Gasteiger partial charge is 0.330 e. The molecule has 23 heavy (non-hydrogen) atoms. The summed E-state index contributed by atoms with van der Waals surface area (Å²) in [7, 11) is 1.43. The van der Waals surface area contributed by atoms with Crippen molar-refractivity contribution in [3.8, 4) is 0 Å². The van der Waals surface area contributed by atoms with E-state index in [1.165, 1.54) is 97.0 Å². The molecule has 2 nitrogen and oxygen atoms in total. The predicted octanol–water partition coefficient (Wildman–Crippen LogP) is 6.98. The van der Waals surface area contributed by atoms with Crippen LogP contribution in [0, 0.1) is 0 Å². The molecule has 0 fully saturated rings. The molecule has 2 heteroatoms. The van der Waals surface area contributed by atoms with Gasteiger partial charge < -0.3 is 4.74 Å². The Morgan fingerprint density at radius 1 is 0.739 bits per heavy atom. The van der Waals surface area contributed by atoms with Crippen molar-refractivity contribution >= 4 is 5.97 Å². The van der Waals surface area contributed by atoms with Gasteiger partial charge in [-0.2, -0.15) is 0 Å². The van der Waals surface area contributed by atoms with Crippen LogP contribution in [0.5, 0.6) is 0 Å². The molecule has 0 heterocycles. The van der Waals surface area contributed by atoms with Crippen LogP contribution in [0.25, 0.3) is 0 Å². The van der Waals surface area contributed by atoms with Crippen LogP contribution in [0.1, 0.15) is 110 Å². The van der Waals surface area contributed by atoms with Crippen molar-refractivity contribution < 1.29 is 9.53 Å². The van der Waals surface area contributed by atoms with Crippen LogP contribution in [0.4, 0.5) is 0 Å². The molecular formula is C21H40O2. The van der Waals surface area contributed by atoms with Crippen molar-refractivity contribution in [3.05, 3.63) is 11.6 Å². The van der Waals surface area contributed by atoms with Gasteiger partial charge in [-0.1, -0.05) is 96.0 Å². The number of allylic oxidation sites excluding steroid dienone is 1. The molecule has 0 aromatic carbocycles. The molecule has 0 N–H and O–H groups in total. The molecule has 0 radical (unpaired) electrons.